The maximum absolute atomic E-state index is 13.5. The van der Waals surface area contributed by atoms with E-state index in [1.807, 2.05) is 5.32 Å². The van der Waals surface area contributed by atoms with Crippen molar-refractivity contribution in [3.8, 4) is 0 Å². The summed E-state index contributed by atoms with van der Waals surface area (Å²) in [6, 6.07) is 0.144. The lowest BCUT2D eigenvalue weighted by atomic mass is 10.0. The van der Waals surface area contributed by atoms with Crippen LogP contribution in [0.1, 0.15) is 42.4 Å². The van der Waals surface area contributed by atoms with E-state index >= 15 is 0 Å². The Balaban J connectivity index is 1.46. The molecule has 0 saturated carbocycles. The maximum Gasteiger partial charge on any atom is 0.416 e. The minimum atomic E-state index is -5.12. The zero-order valence-corrected chi connectivity index (χ0v) is 23.8. The van der Waals surface area contributed by atoms with Gasteiger partial charge in [-0.25, -0.2) is 9.59 Å². The van der Waals surface area contributed by atoms with Crippen molar-refractivity contribution in [3.05, 3.63) is 59.2 Å². The van der Waals surface area contributed by atoms with E-state index < -0.39 is 77.0 Å². The van der Waals surface area contributed by atoms with Crippen molar-refractivity contribution in [3.63, 3.8) is 0 Å². The zero-order valence-electron chi connectivity index (χ0n) is 23.8. The quantitative estimate of drug-likeness (QED) is 0.218. The number of nitrogens with two attached hydrogens (primary N) is 1. The first-order valence-electron chi connectivity index (χ1n) is 14.0. The van der Waals surface area contributed by atoms with E-state index in [4.69, 9.17) is 5.73 Å². The highest BCUT2D eigenvalue weighted by molar-refractivity contribution is 5.95. The first kappa shape index (κ1) is 34.6. The number of fused-ring (bicyclic) bond motifs is 1. The second-order valence-electron chi connectivity index (χ2n) is 10.9. The number of hydrogen-bond acceptors (Lipinski definition) is 4. The predicted molar refractivity (Wildman–Crippen MR) is 146 cm³/mol. The summed E-state index contributed by atoms with van der Waals surface area (Å²) in [5.41, 5.74) is 0.711. The fraction of sp³-hybridized carbons (Fsp3) is 0.464. The molecule has 9 nitrogen and oxygen atoms in total. The van der Waals surface area contributed by atoms with E-state index in [1.54, 1.807) is 0 Å². The summed E-state index contributed by atoms with van der Waals surface area (Å²) in [5.74, 6) is -0.465. The van der Waals surface area contributed by atoms with Gasteiger partial charge in [-0.2, -0.15) is 39.5 Å². The van der Waals surface area contributed by atoms with Gasteiger partial charge >= 0.3 is 30.6 Å². The van der Waals surface area contributed by atoms with Gasteiger partial charge in [0.25, 0.3) is 0 Å². The molecule has 0 aliphatic carbocycles. The Morgan fingerprint density at radius 1 is 0.783 bits per heavy atom. The molecule has 0 bridgehead atoms. The Morgan fingerprint density at radius 2 is 1.37 bits per heavy atom. The van der Waals surface area contributed by atoms with Crippen LogP contribution in [0.5, 0.6) is 0 Å². The molecule has 2 aromatic rings. The number of urea groups is 2. The largest absolute Gasteiger partial charge is 0.416 e. The second-order valence-corrected chi connectivity index (χ2v) is 10.9. The lowest BCUT2D eigenvalue weighted by Gasteiger charge is -2.42. The first-order chi connectivity index (χ1) is 21.4. The van der Waals surface area contributed by atoms with Crippen LogP contribution in [0.3, 0.4) is 0 Å². The number of carbonyl (C=O) groups excluding carboxylic acids is 3. The number of halogens is 9. The van der Waals surface area contributed by atoms with Crippen molar-refractivity contribution >= 4 is 29.3 Å². The van der Waals surface area contributed by atoms with Crippen LogP contribution < -0.4 is 21.7 Å². The van der Waals surface area contributed by atoms with Crippen LogP contribution >= 0.6 is 0 Å². The van der Waals surface area contributed by atoms with Crippen LogP contribution in [-0.2, 0) is 23.3 Å². The predicted octanol–water partition coefficient (Wildman–Crippen LogP) is 5.88. The average molecular weight is 669 g/mol. The van der Waals surface area contributed by atoms with Crippen LogP contribution in [0.2, 0.25) is 0 Å². The van der Waals surface area contributed by atoms with Crippen LogP contribution in [0.15, 0.2) is 42.5 Å². The van der Waals surface area contributed by atoms with Crippen molar-refractivity contribution in [1.82, 2.24) is 15.1 Å². The van der Waals surface area contributed by atoms with Gasteiger partial charge in [-0.3, -0.25) is 4.79 Å². The molecule has 252 valence electrons. The highest BCUT2D eigenvalue weighted by atomic mass is 19.4. The molecule has 0 radical (unpaired) electrons. The smallest absolute Gasteiger partial charge is 0.334 e. The summed E-state index contributed by atoms with van der Waals surface area (Å²) in [6.07, 6.45) is -13.5. The zero-order chi connectivity index (χ0) is 34.0. The molecule has 0 unspecified atom stereocenters. The molecular weight excluding hydrogens is 639 g/mol. The molecule has 4 rings (SSSR count). The monoisotopic (exact) mass is 668 g/mol. The van der Waals surface area contributed by atoms with Crippen LogP contribution in [0, 0.1) is 0 Å². The lowest BCUT2D eigenvalue weighted by Crippen LogP contribution is -2.62. The normalized spacial score (nSPS) is 20.4. The third kappa shape index (κ3) is 8.32. The van der Waals surface area contributed by atoms with Crippen LogP contribution in [0.25, 0.3) is 0 Å². The molecule has 0 aromatic heterocycles. The molecule has 2 aliphatic heterocycles. The van der Waals surface area contributed by atoms with Crippen LogP contribution in [-0.4, -0.2) is 65.5 Å². The number of hydrogen-bond donors (Lipinski definition) is 4. The van der Waals surface area contributed by atoms with E-state index in [0.717, 1.165) is 24.3 Å². The number of benzene rings is 2. The summed E-state index contributed by atoms with van der Waals surface area (Å²) in [6.45, 7) is 0.255. The van der Waals surface area contributed by atoms with Gasteiger partial charge in [0.1, 0.15) is 6.04 Å². The summed E-state index contributed by atoms with van der Waals surface area (Å²) >= 11 is 0. The van der Waals surface area contributed by atoms with Gasteiger partial charge in [-0.1, -0.05) is 0 Å². The Hall–Kier alpha value is -4.22. The van der Waals surface area contributed by atoms with Gasteiger partial charge in [0.2, 0.25) is 5.91 Å². The molecule has 2 heterocycles. The van der Waals surface area contributed by atoms with Crippen molar-refractivity contribution in [1.29, 1.82) is 0 Å². The minimum absolute atomic E-state index is 0.0200. The van der Waals surface area contributed by atoms with Crippen molar-refractivity contribution < 1.29 is 53.9 Å². The van der Waals surface area contributed by atoms with E-state index in [-0.39, 0.29) is 37.7 Å². The lowest BCUT2D eigenvalue weighted by molar-refractivity contribution is -0.143. The first-order valence-corrected chi connectivity index (χ1v) is 14.0. The molecule has 18 heteroatoms. The van der Waals surface area contributed by atoms with Crippen molar-refractivity contribution in [2.24, 2.45) is 5.73 Å². The average Bonchev–Trinajstić information content (AvgIpc) is 3.35. The molecule has 2 saturated heterocycles. The maximum atomic E-state index is 13.5. The summed E-state index contributed by atoms with van der Waals surface area (Å²) < 4.78 is 118. The third-order valence-corrected chi connectivity index (χ3v) is 7.60. The summed E-state index contributed by atoms with van der Waals surface area (Å²) in [4.78, 5) is 42.1. The van der Waals surface area contributed by atoms with Crippen LogP contribution in [0.4, 0.5) is 60.5 Å². The Kier molecular flexibility index (Phi) is 9.98. The van der Waals surface area contributed by atoms with Gasteiger partial charge in [0.05, 0.1) is 28.8 Å². The number of nitrogens with one attached hydrogen (secondary N) is 3. The molecule has 2 aliphatic rings. The minimum Gasteiger partial charge on any atom is -0.334 e. The standard InChI is InChI=1S/C28H29F9N6O3/c29-26(30,31)15-4-6-18(7-5-15)41-25(46)43-14-21-12-20(13-42(21)23(44)22(43)3-1-2-8-38)40-24(45)39-19-10-16(27(32,33)34)9-17(11-19)28(35,36)37/h4-7,9-11,20-22H,1-3,8,12-14,38H2,(H,41,46)(H2,39,40,45)/t20-,21-,22+/m0/s1. The number of anilines is 2. The van der Waals surface area contributed by atoms with Gasteiger partial charge in [0.15, 0.2) is 0 Å². The van der Waals surface area contributed by atoms with Gasteiger partial charge in [-0.15, -0.1) is 0 Å². The van der Waals surface area contributed by atoms with E-state index in [1.165, 1.54) is 9.80 Å². The Labute approximate surface area is 256 Å². The number of amides is 5. The van der Waals surface area contributed by atoms with Gasteiger partial charge in [-0.05, 0) is 74.7 Å². The number of rotatable bonds is 7. The molecule has 2 fully saturated rings. The SMILES string of the molecule is NCCCC[C@@H]1C(=O)N2C[C@@H](NC(=O)Nc3cc(C(F)(F)F)cc(C(F)(F)F)c3)C[C@H]2CN1C(=O)Nc1ccc(C(F)(F)F)cc1. The molecule has 5 amide bonds. The summed E-state index contributed by atoms with van der Waals surface area (Å²) in [5, 5.41) is 6.94. The highest BCUT2D eigenvalue weighted by Gasteiger charge is 2.47. The van der Waals surface area contributed by atoms with E-state index in [0.29, 0.717) is 31.5 Å². The molecule has 3 atom stereocenters. The second kappa shape index (κ2) is 13.3. The highest BCUT2D eigenvalue weighted by Crippen LogP contribution is 2.38. The number of unbranched alkanes of at least 4 members (excludes halogenated alkanes) is 1. The topological polar surface area (TPSA) is 120 Å². The molecule has 46 heavy (non-hydrogen) atoms. The number of nitrogens with zero attached hydrogens (tertiary/aromatic N) is 2. The molecular formula is C28H29F9N6O3. The third-order valence-electron chi connectivity index (χ3n) is 7.60. The molecule has 2 aromatic carbocycles. The van der Waals surface area contributed by atoms with Gasteiger partial charge < -0.3 is 31.5 Å². The summed E-state index contributed by atoms with van der Waals surface area (Å²) in [7, 11) is 0. The van der Waals surface area contributed by atoms with Gasteiger partial charge in [0, 0.05) is 24.5 Å². The van der Waals surface area contributed by atoms with E-state index in [9.17, 15) is 53.9 Å². The Bertz CT molecular complexity index is 1400. The molecule has 5 N–H and O–H groups in total. The number of piperazine rings is 1. The number of carbonyl (C=O) groups is 3. The molecule has 0 spiro atoms. The van der Waals surface area contributed by atoms with E-state index in [2.05, 4.69) is 10.6 Å². The Morgan fingerprint density at radius 3 is 1.91 bits per heavy atom. The van der Waals surface area contributed by atoms with Crippen molar-refractivity contribution in [2.75, 3.05) is 30.3 Å². The fourth-order valence-corrected chi connectivity index (χ4v) is 5.45. The fourth-order valence-electron chi connectivity index (χ4n) is 5.45. The number of alkyl halides is 9. The van der Waals surface area contributed by atoms with Crippen molar-refractivity contribution in [2.45, 2.75) is 62.3 Å².